The third-order valence-electron chi connectivity index (χ3n) is 2.94. The van der Waals surface area contributed by atoms with E-state index in [1.165, 1.54) is 0 Å². The second kappa shape index (κ2) is 8.98. The maximum Gasteiger partial charge on any atom is 0.251 e. The number of carbonyl (C=O) groups is 1. The average molecular weight is 268 g/mol. The molecule has 1 rings (SSSR count). The van der Waals surface area contributed by atoms with Crippen LogP contribution in [0.4, 0.5) is 0 Å². The molecule has 1 aromatic carbocycles. The van der Waals surface area contributed by atoms with Crippen molar-refractivity contribution in [3.8, 4) is 0 Å². The molecule has 0 aliphatic rings. The molecule has 1 amide bonds. The van der Waals surface area contributed by atoms with E-state index in [0.717, 1.165) is 37.7 Å². The number of carbonyl (C=O) groups excluding carboxylic acids is 1. The van der Waals surface area contributed by atoms with Gasteiger partial charge in [0.15, 0.2) is 0 Å². The summed E-state index contributed by atoms with van der Waals surface area (Å²) in [6.07, 6.45) is 5.22. The number of rotatable bonds is 8. The van der Waals surface area contributed by atoms with Gasteiger partial charge in [0.05, 0.1) is 0 Å². The summed E-state index contributed by atoms with van der Waals surface area (Å²) in [7, 11) is 0. The molecule has 18 heavy (non-hydrogen) atoms. The lowest BCUT2D eigenvalue weighted by atomic mass is 10.0. The molecule has 100 valence electrons. The van der Waals surface area contributed by atoms with E-state index in [1.54, 1.807) is 0 Å². The molecule has 2 nitrogen and oxygen atoms in total. The first kappa shape index (κ1) is 15.0. The van der Waals surface area contributed by atoms with Gasteiger partial charge in [-0.05, 0) is 31.4 Å². The zero-order chi connectivity index (χ0) is 13.2. The Kier molecular flexibility index (Phi) is 7.51. The maximum atomic E-state index is 12.0. The summed E-state index contributed by atoms with van der Waals surface area (Å²) in [5, 5.41) is 3.11. The largest absolute Gasteiger partial charge is 0.349 e. The van der Waals surface area contributed by atoms with Crippen molar-refractivity contribution in [2.75, 3.05) is 5.88 Å². The number of hydrogen-bond donors (Lipinski definition) is 1. The van der Waals surface area contributed by atoms with Crippen molar-refractivity contribution in [3.63, 3.8) is 0 Å². The standard InChI is InChI=1S/C15H22ClNO/c1-2-8-14(11-6-7-12-16)17-15(18)13-9-4-3-5-10-13/h3-5,9-10,14H,2,6-8,11-12H2,1H3,(H,17,18)/t14-/m1/s1. The van der Waals surface area contributed by atoms with E-state index in [4.69, 9.17) is 11.6 Å². The van der Waals surface area contributed by atoms with E-state index in [-0.39, 0.29) is 11.9 Å². The molecule has 0 spiro atoms. The smallest absolute Gasteiger partial charge is 0.251 e. The highest BCUT2D eigenvalue weighted by atomic mass is 35.5. The van der Waals surface area contributed by atoms with E-state index in [2.05, 4.69) is 12.2 Å². The summed E-state index contributed by atoms with van der Waals surface area (Å²) >= 11 is 5.68. The minimum atomic E-state index is 0.0277. The van der Waals surface area contributed by atoms with Gasteiger partial charge in [0.1, 0.15) is 0 Å². The van der Waals surface area contributed by atoms with Crippen LogP contribution in [0.5, 0.6) is 0 Å². The number of nitrogens with one attached hydrogen (secondary N) is 1. The molecule has 0 fully saturated rings. The minimum Gasteiger partial charge on any atom is -0.349 e. The monoisotopic (exact) mass is 267 g/mol. The molecule has 3 heteroatoms. The Balaban J connectivity index is 2.47. The van der Waals surface area contributed by atoms with Crippen LogP contribution in [0.2, 0.25) is 0 Å². The number of benzene rings is 1. The fourth-order valence-corrected chi connectivity index (χ4v) is 2.17. The summed E-state index contributed by atoms with van der Waals surface area (Å²) in [6, 6.07) is 9.65. The summed E-state index contributed by atoms with van der Waals surface area (Å²) < 4.78 is 0. The predicted octanol–water partition coefficient (Wildman–Crippen LogP) is 3.99. The lowest BCUT2D eigenvalue weighted by molar-refractivity contribution is 0.0932. The molecular weight excluding hydrogens is 246 g/mol. The predicted molar refractivity (Wildman–Crippen MR) is 77.2 cm³/mol. The van der Waals surface area contributed by atoms with E-state index < -0.39 is 0 Å². The average Bonchev–Trinajstić information content (AvgIpc) is 2.40. The molecule has 0 unspecified atom stereocenters. The van der Waals surface area contributed by atoms with Crippen molar-refractivity contribution >= 4 is 17.5 Å². The third kappa shape index (κ3) is 5.54. The molecule has 0 radical (unpaired) electrons. The highest BCUT2D eigenvalue weighted by Crippen LogP contribution is 2.09. The Morgan fingerprint density at radius 2 is 1.94 bits per heavy atom. The van der Waals surface area contributed by atoms with Crippen LogP contribution in [-0.2, 0) is 0 Å². The van der Waals surface area contributed by atoms with Crippen LogP contribution >= 0.6 is 11.6 Å². The van der Waals surface area contributed by atoms with Crippen LogP contribution in [0.25, 0.3) is 0 Å². The van der Waals surface area contributed by atoms with Crippen molar-refractivity contribution in [3.05, 3.63) is 35.9 Å². The Labute approximate surface area is 115 Å². The van der Waals surface area contributed by atoms with E-state index in [1.807, 2.05) is 30.3 Å². The first-order valence-corrected chi connectivity index (χ1v) is 7.23. The van der Waals surface area contributed by atoms with Gasteiger partial charge >= 0.3 is 0 Å². The van der Waals surface area contributed by atoms with Crippen LogP contribution in [0, 0.1) is 0 Å². The summed E-state index contributed by atoms with van der Waals surface area (Å²) in [6.45, 7) is 2.14. The number of halogens is 1. The Morgan fingerprint density at radius 3 is 2.56 bits per heavy atom. The third-order valence-corrected chi connectivity index (χ3v) is 3.21. The number of alkyl halides is 1. The molecule has 1 N–H and O–H groups in total. The van der Waals surface area contributed by atoms with Crippen molar-refractivity contribution in [1.29, 1.82) is 0 Å². The molecule has 1 atom stereocenters. The lowest BCUT2D eigenvalue weighted by Gasteiger charge is -2.18. The zero-order valence-electron chi connectivity index (χ0n) is 11.0. The van der Waals surface area contributed by atoms with Crippen LogP contribution in [0.15, 0.2) is 30.3 Å². The number of amides is 1. The molecule has 0 bridgehead atoms. The van der Waals surface area contributed by atoms with Crippen LogP contribution in [-0.4, -0.2) is 17.8 Å². The minimum absolute atomic E-state index is 0.0277. The maximum absolute atomic E-state index is 12.0. The second-order valence-corrected chi connectivity index (χ2v) is 4.89. The molecule has 0 aliphatic heterocycles. The quantitative estimate of drug-likeness (QED) is 0.560. The van der Waals surface area contributed by atoms with Gasteiger partial charge in [-0.25, -0.2) is 0 Å². The van der Waals surface area contributed by atoms with Crippen molar-refractivity contribution in [2.45, 2.75) is 45.1 Å². The van der Waals surface area contributed by atoms with E-state index in [9.17, 15) is 4.79 Å². The highest BCUT2D eigenvalue weighted by molar-refractivity contribution is 6.17. The summed E-state index contributed by atoms with van der Waals surface area (Å²) in [5.41, 5.74) is 0.732. The van der Waals surface area contributed by atoms with Gasteiger partial charge in [-0.3, -0.25) is 4.79 Å². The molecular formula is C15H22ClNO. The van der Waals surface area contributed by atoms with Gasteiger partial charge in [0, 0.05) is 17.5 Å². The normalized spacial score (nSPS) is 12.1. The first-order valence-electron chi connectivity index (χ1n) is 6.69. The second-order valence-electron chi connectivity index (χ2n) is 4.51. The Hall–Kier alpha value is -1.02. The molecule has 1 aromatic rings. The molecule has 0 heterocycles. The summed E-state index contributed by atoms with van der Waals surface area (Å²) in [4.78, 5) is 12.0. The SMILES string of the molecule is CCC[C@H](CCCCCl)NC(=O)c1ccccc1. The van der Waals surface area contributed by atoms with Gasteiger partial charge in [-0.15, -0.1) is 11.6 Å². The Bertz CT molecular complexity index is 340. The molecule has 0 saturated heterocycles. The first-order chi connectivity index (χ1) is 8.77. The van der Waals surface area contributed by atoms with Crippen molar-refractivity contribution in [2.24, 2.45) is 0 Å². The van der Waals surface area contributed by atoms with Crippen LogP contribution in [0.3, 0.4) is 0 Å². The number of hydrogen-bond acceptors (Lipinski definition) is 1. The number of unbranched alkanes of at least 4 members (excludes halogenated alkanes) is 1. The molecule has 0 aromatic heterocycles. The van der Waals surface area contributed by atoms with Gasteiger partial charge in [-0.2, -0.15) is 0 Å². The molecule has 0 aliphatic carbocycles. The summed E-state index contributed by atoms with van der Waals surface area (Å²) in [5.74, 6) is 0.728. The van der Waals surface area contributed by atoms with E-state index >= 15 is 0 Å². The van der Waals surface area contributed by atoms with Gasteiger partial charge < -0.3 is 5.32 Å². The van der Waals surface area contributed by atoms with Crippen LogP contribution in [0.1, 0.15) is 49.4 Å². The topological polar surface area (TPSA) is 29.1 Å². The fourth-order valence-electron chi connectivity index (χ4n) is 1.98. The molecule has 0 saturated carbocycles. The van der Waals surface area contributed by atoms with Gasteiger partial charge in [0.2, 0.25) is 0 Å². The van der Waals surface area contributed by atoms with Gasteiger partial charge in [0.25, 0.3) is 5.91 Å². The Morgan fingerprint density at radius 1 is 1.22 bits per heavy atom. The highest BCUT2D eigenvalue weighted by Gasteiger charge is 2.12. The fraction of sp³-hybridized carbons (Fsp3) is 0.533. The van der Waals surface area contributed by atoms with Crippen molar-refractivity contribution < 1.29 is 4.79 Å². The zero-order valence-corrected chi connectivity index (χ0v) is 11.7. The lowest BCUT2D eigenvalue weighted by Crippen LogP contribution is -2.34. The van der Waals surface area contributed by atoms with Crippen LogP contribution < -0.4 is 5.32 Å². The van der Waals surface area contributed by atoms with Crippen molar-refractivity contribution in [1.82, 2.24) is 5.32 Å². The van der Waals surface area contributed by atoms with Gasteiger partial charge in [-0.1, -0.05) is 38.0 Å². The van der Waals surface area contributed by atoms with E-state index in [0.29, 0.717) is 5.88 Å².